The van der Waals surface area contributed by atoms with Gasteiger partial charge in [-0.25, -0.2) is 9.18 Å². The molecular formula is C11H11FN2O. The van der Waals surface area contributed by atoms with Crippen LogP contribution in [0, 0.1) is 5.82 Å². The van der Waals surface area contributed by atoms with Crippen molar-refractivity contribution in [2.24, 2.45) is 0 Å². The van der Waals surface area contributed by atoms with E-state index in [0.29, 0.717) is 0 Å². The molecule has 1 unspecified atom stereocenters. The maximum atomic E-state index is 13.0. The average molecular weight is 206 g/mol. The molecule has 1 atom stereocenters. The van der Waals surface area contributed by atoms with Gasteiger partial charge in [-0.3, -0.25) is 4.57 Å². The molecular weight excluding hydrogens is 195 g/mol. The van der Waals surface area contributed by atoms with Crippen molar-refractivity contribution in [3.8, 4) is 0 Å². The number of rotatable bonds is 2. The van der Waals surface area contributed by atoms with Crippen molar-refractivity contribution < 1.29 is 4.39 Å². The van der Waals surface area contributed by atoms with E-state index in [1.165, 1.54) is 16.7 Å². The van der Waals surface area contributed by atoms with E-state index < -0.39 is 0 Å². The van der Waals surface area contributed by atoms with Gasteiger partial charge in [0.25, 0.3) is 0 Å². The Morgan fingerprint density at radius 2 is 2.27 bits per heavy atom. The van der Waals surface area contributed by atoms with Crippen LogP contribution < -0.4 is 5.69 Å². The third-order valence-corrected chi connectivity index (χ3v) is 2.42. The van der Waals surface area contributed by atoms with Gasteiger partial charge in [-0.05, 0) is 24.6 Å². The summed E-state index contributed by atoms with van der Waals surface area (Å²) in [5.74, 6) is -0.289. The molecule has 0 aliphatic carbocycles. The van der Waals surface area contributed by atoms with Crippen molar-refractivity contribution in [2.45, 2.75) is 13.0 Å². The summed E-state index contributed by atoms with van der Waals surface area (Å²) >= 11 is 0. The lowest BCUT2D eigenvalue weighted by Gasteiger charge is -2.12. The monoisotopic (exact) mass is 206 g/mol. The van der Waals surface area contributed by atoms with Gasteiger partial charge in [0.2, 0.25) is 0 Å². The first-order valence-electron chi connectivity index (χ1n) is 4.69. The molecule has 2 aromatic rings. The molecule has 0 aliphatic heterocycles. The summed E-state index contributed by atoms with van der Waals surface area (Å²) in [6.45, 7) is 1.85. The van der Waals surface area contributed by atoms with Crippen molar-refractivity contribution in [1.29, 1.82) is 0 Å². The van der Waals surface area contributed by atoms with Crippen LogP contribution in [0.5, 0.6) is 0 Å². The van der Waals surface area contributed by atoms with Gasteiger partial charge >= 0.3 is 5.69 Å². The Morgan fingerprint density at radius 3 is 2.87 bits per heavy atom. The van der Waals surface area contributed by atoms with E-state index in [9.17, 15) is 9.18 Å². The maximum Gasteiger partial charge on any atom is 0.326 e. The van der Waals surface area contributed by atoms with Crippen LogP contribution in [-0.2, 0) is 0 Å². The summed E-state index contributed by atoms with van der Waals surface area (Å²) < 4.78 is 14.5. The van der Waals surface area contributed by atoms with Crippen molar-refractivity contribution in [3.63, 3.8) is 0 Å². The predicted molar refractivity (Wildman–Crippen MR) is 55.3 cm³/mol. The molecule has 0 aliphatic rings. The molecule has 0 spiro atoms. The molecule has 78 valence electrons. The van der Waals surface area contributed by atoms with Gasteiger partial charge in [0.15, 0.2) is 0 Å². The number of H-pyrrole nitrogens is 1. The molecule has 3 nitrogen and oxygen atoms in total. The minimum absolute atomic E-state index is 0.167. The van der Waals surface area contributed by atoms with Gasteiger partial charge in [-0.2, -0.15) is 0 Å². The minimum Gasteiger partial charge on any atom is -0.313 e. The normalized spacial score (nSPS) is 12.7. The van der Waals surface area contributed by atoms with Crippen LogP contribution in [0.4, 0.5) is 4.39 Å². The highest BCUT2D eigenvalue weighted by Crippen LogP contribution is 2.16. The summed E-state index contributed by atoms with van der Waals surface area (Å²) in [5, 5.41) is 0. The number of halogens is 1. The highest BCUT2D eigenvalue weighted by atomic mass is 19.1. The Morgan fingerprint density at radius 1 is 1.47 bits per heavy atom. The number of nitrogens with one attached hydrogen (secondary N) is 1. The van der Waals surface area contributed by atoms with Gasteiger partial charge in [-0.1, -0.05) is 12.1 Å². The van der Waals surface area contributed by atoms with Crippen LogP contribution in [0.25, 0.3) is 0 Å². The molecule has 1 aromatic heterocycles. The second-order valence-corrected chi connectivity index (χ2v) is 3.40. The summed E-state index contributed by atoms with van der Waals surface area (Å²) in [6, 6.07) is 6.09. The third kappa shape index (κ3) is 1.83. The van der Waals surface area contributed by atoms with E-state index in [1.807, 2.05) is 6.92 Å². The summed E-state index contributed by atoms with van der Waals surface area (Å²) in [4.78, 5) is 13.9. The first kappa shape index (κ1) is 9.71. The van der Waals surface area contributed by atoms with Gasteiger partial charge < -0.3 is 4.98 Å². The SMILES string of the molecule is CC(c1cccc(F)c1)n1cc[nH]c1=O. The van der Waals surface area contributed by atoms with Crippen molar-refractivity contribution in [2.75, 3.05) is 0 Å². The van der Waals surface area contributed by atoms with Crippen LogP contribution >= 0.6 is 0 Å². The van der Waals surface area contributed by atoms with Crippen molar-refractivity contribution >= 4 is 0 Å². The molecule has 15 heavy (non-hydrogen) atoms. The number of imidazole rings is 1. The third-order valence-electron chi connectivity index (χ3n) is 2.42. The lowest BCUT2D eigenvalue weighted by atomic mass is 10.1. The summed E-state index contributed by atoms with van der Waals surface area (Å²) in [7, 11) is 0. The Balaban J connectivity index is 2.41. The molecule has 2 rings (SSSR count). The van der Waals surface area contributed by atoms with Crippen LogP contribution in [0.1, 0.15) is 18.5 Å². The topological polar surface area (TPSA) is 37.8 Å². The molecule has 1 aromatic carbocycles. The minimum atomic E-state index is -0.289. The number of benzene rings is 1. The fraction of sp³-hybridized carbons (Fsp3) is 0.182. The molecule has 1 heterocycles. The Bertz CT molecular complexity index is 515. The quantitative estimate of drug-likeness (QED) is 0.800. The maximum absolute atomic E-state index is 13.0. The van der Waals surface area contributed by atoms with Gasteiger partial charge in [-0.15, -0.1) is 0 Å². The number of aromatic nitrogens is 2. The summed E-state index contributed by atoms with van der Waals surface area (Å²) in [5.41, 5.74) is 0.587. The molecule has 1 N–H and O–H groups in total. The van der Waals surface area contributed by atoms with Crippen LogP contribution in [0.2, 0.25) is 0 Å². The molecule has 0 fully saturated rings. The Labute approximate surface area is 86.2 Å². The van der Waals surface area contributed by atoms with E-state index in [-0.39, 0.29) is 17.5 Å². The zero-order valence-electron chi connectivity index (χ0n) is 8.27. The predicted octanol–water partition coefficient (Wildman–Crippen LogP) is 1.92. The summed E-state index contributed by atoms with van der Waals surface area (Å²) in [6.07, 6.45) is 3.22. The fourth-order valence-electron chi connectivity index (χ4n) is 1.56. The van der Waals surface area contributed by atoms with Gasteiger partial charge in [0, 0.05) is 12.4 Å². The zero-order valence-corrected chi connectivity index (χ0v) is 8.27. The molecule has 0 saturated carbocycles. The van der Waals surface area contributed by atoms with Gasteiger partial charge in [0.1, 0.15) is 5.82 Å². The number of nitrogens with zero attached hydrogens (tertiary/aromatic N) is 1. The van der Waals surface area contributed by atoms with Crippen molar-refractivity contribution in [1.82, 2.24) is 9.55 Å². The first-order valence-corrected chi connectivity index (χ1v) is 4.69. The largest absolute Gasteiger partial charge is 0.326 e. The highest BCUT2D eigenvalue weighted by Gasteiger charge is 2.09. The molecule has 4 heteroatoms. The molecule has 0 radical (unpaired) electrons. The second kappa shape index (κ2) is 3.73. The Kier molecular flexibility index (Phi) is 2.41. The Hall–Kier alpha value is -1.84. The average Bonchev–Trinajstić information content (AvgIpc) is 2.63. The van der Waals surface area contributed by atoms with E-state index in [4.69, 9.17) is 0 Å². The molecule has 0 bridgehead atoms. The zero-order chi connectivity index (χ0) is 10.8. The van der Waals surface area contributed by atoms with E-state index in [2.05, 4.69) is 4.98 Å². The molecule has 0 amide bonds. The first-order chi connectivity index (χ1) is 7.18. The van der Waals surface area contributed by atoms with E-state index in [0.717, 1.165) is 5.56 Å². The smallest absolute Gasteiger partial charge is 0.313 e. The van der Waals surface area contributed by atoms with E-state index in [1.54, 1.807) is 24.5 Å². The van der Waals surface area contributed by atoms with Crippen LogP contribution in [0.15, 0.2) is 41.5 Å². The lowest BCUT2D eigenvalue weighted by molar-refractivity contribution is 0.594. The van der Waals surface area contributed by atoms with E-state index >= 15 is 0 Å². The molecule has 0 saturated heterocycles. The second-order valence-electron chi connectivity index (χ2n) is 3.40. The van der Waals surface area contributed by atoms with Crippen LogP contribution in [-0.4, -0.2) is 9.55 Å². The standard InChI is InChI=1S/C11H11FN2O/c1-8(14-6-5-13-11(14)15)9-3-2-4-10(12)7-9/h2-8H,1H3,(H,13,15). The highest BCUT2D eigenvalue weighted by molar-refractivity contribution is 5.20. The van der Waals surface area contributed by atoms with Gasteiger partial charge in [0.05, 0.1) is 6.04 Å². The number of hydrogen-bond acceptors (Lipinski definition) is 1. The fourth-order valence-corrected chi connectivity index (χ4v) is 1.56. The number of hydrogen-bond donors (Lipinski definition) is 1. The number of aromatic amines is 1. The van der Waals surface area contributed by atoms with Crippen molar-refractivity contribution in [3.05, 3.63) is 58.5 Å². The lowest BCUT2D eigenvalue weighted by Crippen LogP contribution is -2.20. The van der Waals surface area contributed by atoms with Crippen LogP contribution in [0.3, 0.4) is 0 Å².